The molecule has 1 fully saturated rings. The Morgan fingerprint density at radius 3 is 2.59 bits per heavy atom. The summed E-state index contributed by atoms with van der Waals surface area (Å²) < 4.78 is 5.23. The van der Waals surface area contributed by atoms with Gasteiger partial charge in [0.25, 0.3) is 0 Å². The van der Waals surface area contributed by atoms with Crippen LogP contribution in [0.25, 0.3) is 0 Å². The van der Waals surface area contributed by atoms with E-state index in [4.69, 9.17) is 4.74 Å². The highest BCUT2D eigenvalue weighted by Crippen LogP contribution is 2.28. The molecular formula is C21H26N4O2. The normalized spacial score (nSPS) is 16.9. The number of methoxy groups -OCH3 is 1. The first-order valence-corrected chi connectivity index (χ1v) is 9.14. The van der Waals surface area contributed by atoms with Gasteiger partial charge in [-0.05, 0) is 36.2 Å². The van der Waals surface area contributed by atoms with Crippen molar-refractivity contribution in [3.05, 3.63) is 60.2 Å². The maximum absolute atomic E-state index is 12.1. The molecule has 6 heteroatoms. The molecule has 0 aromatic heterocycles. The van der Waals surface area contributed by atoms with Crippen LogP contribution in [-0.4, -0.2) is 50.6 Å². The Balaban J connectivity index is 1.51. The Morgan fingerprint density at radius 1 is 1.19 bits per heavy atom. The summed E-state index contributed by atoms with van der Waals surface area (Å²) in [6.45, 7) is 1.98. The molecule has 142 valence electrons. The molecule has 6 nitrogen and oxygen atoms in total. The SMILES string of the molecule is CN=C(NCC(=O)Nc1ccccc1)N1CCC(c2ccc(OC)cc2)C1. The van der Waals surface area contributed by atoms with Gasteiger partial charge in [0.05, 0.1) is 13.7 Å². The minimum Gasteiger partial charge on any atom is -0.497 e. The second-order valence-electron chi connectivity index (χ2n) is 6.52. The number of nitrogens with one attached hydrogen (secondary N) is 2. The minimum atomic E-state index is -0.0896. The summed E-state index contributed by atoms with van der Waals surface area (Å²) in [4.78, 5) is 18.7. The van der Waals surface area contributed by atoms with Crippen LogP contribution in [0.5, 0.6) is 5.75 Å². The predicted molar refractivity (Wildman–Crippen MR) is 108 cm³/mol. The average Bonchev–Trinajstić information content (AvgIpc) is 3.19. The zero-order valence-electron chi connectivity index (χ0n) is 15.8. The molecule has 1 aliphatic rings. The third-order valence-electron chi connectivity index (χ3n) is 4.75. The van der Waals surface area contributed by atoms with Gasteiger partial charge in [-0.1, -0.05) is 30.3 Å². The summed E-state index contributed by atoms with van der Waals surface area (Å²) in [6, 6.07) is 17.7. The third-order valence-corrected chi connectivity index (χ3v) is 4.75. The van der Waals surface area contributed by atoms with Crippen LogP contribution in [0.2, 0.25) is 0 Å². The van der Waals surface area contributed by atoms with Crippen LogP contribution < -0.4 is 15.4 Å². The molecular weight excluding hydrogens is 340 g/mol. The molecule has 0 saturated carbocycles. The van der Waals surface area contributed by atoms with E-state index in [1.807, 2.05) is 42.5 Å². The topological polar surface area (TPSA) is 66.0 Å². The predicted octanol–water partition coefficient (Wildman–Crippen LogP) is 2.70. The van der Waals surface area contributed by atoms with Crippen LogP contribution >= 0.6 is 0 Å². The smallest absolute Gasteiger partial charge is 0.243 e. The third kappa shape index (κ3) is 5.00. The fourth-order valence-corrected chi connectivity index (χ4v) is 3.32. The number of carbonyl (C=O) groups is 1. The monoisotopic (exact) mass is 366 g/mol. The molecule has 3 rings (SSSR count). The summed E-state index contributed by atoms with van der Waals surface area (Å²) in [5, 5.41) is 6.04. The lowest BCUT2D eigenvalue weighted by Gasteiger charge is -2.21. The van der Waals surface area contributed by atoms with Gasteiger partial charge >= 0.3 is 0 Å². The number of ether oxygens (including phenoxy) is 1. The maximum Gasteiger partial charge on any atom is 0.243 e. The number of anilines is 1. The van der Waals surface area contributed by atoms with E-state index in [1.54, 1.807) is 14.2 Å². The van der Waals surface area contributed by atoms with Gasteiger partial charge in [0, 0.05) is 31.7 Å². The maximum atomic E-state index is 12.1. The Bertz CT molecular complexity index is 775. The van der Waals surface area contributed by atoms with Crippen molar-refractivity contribution >= 4 is 17.6 Å². The highest BCUT2D eigenvalue weighted by Gasteiger charge is 2.26. The van der Waals surface area contributed by atoms with Gasteiger partial charge in [0.2, 0.25) is 5.91 Å². The molecule has 1 saturated heterocycles. The number of aliphatic imine (C=N–C) groups is 1. The Morgan fingerprint density at radius 2 is 1.93 bits per heavy atom. The van der Waals surface area contributed by atoms with Gasteiger partial charge in [0.15, 0.2) is 5.96 Å². The molecule has 1 heterocycles. The number of benzene rings is 2. The second-order valence-corrected chi connectivity index (χ2v) is 6.52. The Hall–Kier alpha value is -3.02. The number of likely N-dealkylation sites (tertiary alicyclic amines) is 1. The van der Waals surface area contributed by atoms with Crippen LogP contribution in [-0.2, 0) is 4.79 Å². The molecule has 1 amide bonds. The molecule has 27 heavy (non-hydrogen) atoms. The minimum absolute atomic E-state index is 0.0896. The second kappa shape index (κ2) is 9.07. The van der Waals surface area contributed by atoms with Crippen LogP contribution in [0, 0.1) is 0 Å². The first kappa shape index (κ1) is 18.8. The standard InChI is InChI=1S/C21H26N4O2/c1-22-21(23-14-20(26)24-18-6-4-3-5-7-18)25-13-12-17(15-25)16-8-10-19(27-2)11-9-16/h3-11,17H,12-15H2,1-2H3,(H,22,23)(H,24,26). The van der Waals surface area contributed by atoms with E-state index < -0.39 is 0 Å². The van der Waals surface area contributed by atoms with Gasteiger partial charge in [-0.15, -0.1) is 0 Å². The molecule has 0 radical (unpaired) electrons. The summed E-state index contributed by atoms with van der Waals surface area (Å²) in [7, 11) is 3.42. The van der Waals surface area contributed by atoms with E-state index >= 15 is 0 Å². The molecule has 0 bridgehead atoms. The number of para-hydroxylation sites is 1. The van der Waals surface area contributed by atoms with Crippen LogP contribution in [0.3, 0.4) is 0 Å². The van der Waals surface area contributed by atoms with Gasteiger partial charge < -0.3 is 20.3 Å². The molecule has 1 unspecified atom stereocenters. The zero-order chi connectivity index (χ0) is 19.1. The first-order chi connectivity index (χ1) is 13.2. The summed E-state index contributed by atoms with van der Waals surface area (Å²) in [5.74, 6) is 1.99. The van der Waals surface area contributed by atoms with Crippen molar-refractivity contribution in [1.29, 1.82) is 0 Å². The Labute approximate surface area is 160 Å². The molecule has 2 aromatic rings. The van der Waals surface area contributed by atoms with Crippen molar-refractivity contribution in [2.45, 2.75) is 12.3 Å². The largest absolute Gasteiger partial charge is 0.497 e. The van der Waals surface area contributed by atoms with Crippen molar-refractivity contribution in [1.82, 2.24) is 10.2 Å². The van der Waals surface area contributed by atoms with Crippen LogP contribution in [0.1, 0.15) is 17.9 Å². The summed E-state index contributed by atoms with van der Waals surface area (Å²) in [6.07, 6.45) is 1.06. The number of nitrogens with zero attached hydrogens (tertiary/aromatic N) is 2. The molecule has 0 aliphatic carbocycles. The van der Waals surface area contributed by atoms with Gasteiger partial charge in [-0.3, -0.25) is 9.79 Å². The number of carbonyl (C=O) groups excluding carboxylic acids is 1. The molecule has 2 aromatic carbocycles. The number of hydrogen-bond donors (Lipinski definition) is 2. The van der Waals surface area contributed by atoms with Gasteiger partial charge in [-0.25, -0.2) is 0 Å². The van der Waals surface area contributed by atoms with Gasteiger partial charge in [-0.2, -0.15) is 0 Å². The van der Waals surface area contributed by atoms with E-state index in [0.29, 0.717) is 5.92 Å². The quantitative estimate of drug-likeness (QED) is 0.631. The van der Waals surface area contributed by atoms with Crippen molar-refractivity contribution in [3.8, 4) is 5.75 Å². The molecule has 0 spiro atoms. The van der Waals surface area contributed by atoms with Crippen molar-refractivity contribution in [2.75, 3.05) is 39.1 Å². The van der Waals surface area contributed by atoms with Crippen LogP contribution in [0.15, 0.2) is 59.6 Å². The lowest BCUT2D eigenvalue weighted by Crippen LogP contribution is -2.43. The summed E-state index contributed by atoms with van der Waals surface area (Å²) in [5.41, 5.74) is 2.09. The lowest BCUT2D eigenvalue weighted by molar-refractivity contribution is -0.115. The number of hydrogen-bond acceptors (Lipinski definition) is 3. The lowest BCUT2D eigenvalue weighted by atomic mass is 9.98. The van der Waals surface area contributed by atoms with E-state index in [2.05, 4.69) is 32.7 Å². The van der Waals surface area contributed by atoms with E-state index in [-0.39, 0.29) is 12.5 Å². The van der Waals surface area contributed by atoms with Crippen molar-refractivity contribution in [2.24, 2.45) is 4.99 Å². The number of guanidine groups is 1. The summed E-state index contributed by atoms with van der Waals surface area (Å²) >= 11 is 0. The van der Waals surface area contributed by atoms with Crippen molar-refractivity contribution < 1.29 is 9.53 Å². The van der Waals surface area contributed by atoms with Crippen molar-refractivity contribution in [3.63, 3.8) is 0 Å². The number of rotatable bonds is 5. The first-order valence-electron chi connectivity index (χ1n) is 9.14. The van der Waals surface area contributed by atoms with Gasteiger partial charge in [0.1, 0.15) is 5.75 Å². The zero-order valence-corrected chi connectivity index (χ0v) is 15.8. The molecule has 2 N–H and O–H groups in total. The fraction of sp³-hybridized carbons (Fsp3) is 0.333. The molecule has 1 aliphatic heterocycles. The highest BCUT2D eigenvalue weighted by atomic mass is 16.5. The number of amides is 1. The van der Waals surface area contributed by atoms with Crippen LogP contribution in [0.4, 0.5) is 5.69 Å². The van der Waals surface area contributed by atoms with E-state index in [0.717, 1.165) is 36.9 Å². The van der Waals surface area contributed by atoms with E-state index in [9.17, 15) is 4.79 Å². The molecule has 1 atom stereocenters. The Kier molecular flexibility index (Phi) is 6.30. The average molecular weight is 366 g/mol. The highest BCUT2D eigenvalue weighted by molar-refractivity contribution is 5.95. The van der Waals surface area contributed by atoms with E-state index in [1.165, 1.54) is 5.56 Å². The fourth-order valence-electron chi connectivity index (χ4n) is 3.32.